The van der Waals surface area contributed by atoms with Gasteiger partial charge in [0.25, 0.3) is 0 Å². The Kier molecular flexibility index (Phi) is 5.79. The number of amides is 3. The Labute approximate surface area is 149 Å². The van der Waals surface area contributed by atoms with Gasteiger partial charge in [-0.2, -0.15) is 0 Å². The van der Waals surface area contributed by atoms with E-state index in [0.29, 0.717) is 11.3 Å². The van der Waals surface area contributed by atoms with Gasteiger partial charge in [-0.25, -0.2) is 4.79 Å². The van der Waals surface area contributed by atoms with E-state index < -0.39 is 5.91 Å². The van der Waals surface area contributed by atoms with Gasteiger partial charge in [0.2, 0.25) is 5.91 Å². The number of nitrogens with two attached hydrogens (primary N) is 1. The summed E-state index contributed by atoms with van der Waals surface area (Å²) in [6.45, 7) is 3.53. The summed E-state index contributed by atoms with van der Waals surface area (Å²) in [6.07, 6.45) is 8.00. The Morgan fingerprint density at radius 3 is 2.12 bits per heavy atom. The van der Waals surface area contributed by atoms with Crippen LogP contribution < -0.4 is 16.0 Å². The minimum atomic E-state index is -0.476. The van der Waals surface area contributed by atoms with Gasteiger partial charge in [0.15, 0.2) is 0 Å². The Hall–Kier alpha value is -2.24. The van der Waals surface area contributed by atoms with E-state index in [1.807, 2.05) is 11.0 Å². The molecule has 6 heteroatoms. The zero-order valence-electron chi connectivity index (χ0n) is 14.8. The van der Waals surface area contributed by atoms with Crippen molar-refractivity contribution in [3.8, 4) is 0 Å². The molecule has 0 aliphatic carbocycles. The van der Waals surface area contributed by atoms with E-state index in [2.05, 4.69) is 10.2 Å². The number of benzene rings is 1. The fourth-order valence-corrected chi connectivity index (χ4v) is 3.67. The van der Waals surface area contributed by atoms with Crippen molar-refractivity contribution in [1.29, 1.82) is 0 Å². The first kappa shape index (κ1) is 17.6. The molecule has 3 N–H and O–H groups in total. The van der Waals surface area contributed by atoms with Gasteiger partial charge in [0, 0.05) is 31.7 Å². The van der Waals surface area contributed by atoms with Gasteiger partial charge in [-0.15, -0.1) is 0 Å². The van der Waals surface area contributed by atoms with Gasteiger partial charge in [0.05, 0.1) is 11.4 Å². The number of hydrogen-bond acceptors (Lipinski definition) is 3. The Morgan fingerprint density at radius 1 is 0.880 bits per heavy atom. The van der Waals surface area contributed by atoms with Crippen LogP contribution in [0.4, 0.5) is 16.2 Å². The molecule has 3 rings (SSSR count). The highest BCUT2D eigenvalue weighted by molar-refractivity contribution is 5.98. The molecule has 2 heterocycles. The lowest BCUT2D eigenvalue weighted by molar-refractivity contribution is 0.1000. The molecule has 1 aromatic rings. The molecule has 25 heavy (non-hydrogen) atoms. The molecule has 0 saturated carbocycles. The first-order valence-corrected chi connectivity index (χ1v) is 9.40. The van der Waals surface area contributed by atoms with Gasteiger partial charge < -0.3 is 20.9 Å². The van der Waals surface area contributed by atoms with E-state index in [9.17, 15) is 9.59 Å². The lowest BCUT2D eigenvalue weighted by atomic mass is 10.1. The van der Waals surface area contributed by atoms with Crippen LogP contribution in [0.25, 0.3) is 0 Å². The van der Waals surface area contributed by atoms with Gasteiger partial charge in [0.1, 0.15) is 0 Å². The van der Waals surface area contributed by atoms with Crippen LogP contribution in [-0.4, -0.2) is 43.0 Å². The van der Waals surface area contributed by atoms with Crippen molar-refractivity contribution >= 4 is 23.3 Å². The zero-order chi connectivity index (χ0) is 17.6. The Balaban J connectivity index is 1.82. The van der Waals surface area contributed by atoms with E-state index >= 15 is 0 Å². The average Bonchev–Trinajstić information content (AvgIpc) is 2.92. The van der Waals surface area contributed by atoms with E-state index in [-0.39, 0.29) is 6.03 Å². The summed E-state index contributed by atoms with van der Waals surface area (Å²) in [4.78, 5) is 28.4. The number of hydrogen-bond donors (Lipinski definition) is 2. The first-order valence-electron chi connectivity index (χ1n) is 9.40. The van der Waals surface area contributed by atoms with Crippen molar-refractivity contribution in [3.63, 3.8) is 0 Å². The summed E-state index contributed by atoms with van der Waals surface area (Å²) in [5.41, 5.74) is 7.52. The van der Waals surface area contributed by atoms with Crippen LogP contribution in [-0.2, 0) is 0 Å². The summed E-state index contributed by atoms with van der Waals surface area (Å²) in [5.74, 6) is -0.476. The normalized spacial score (nSPS) is 18.6. The van der Waals surface area contributed by atoms with Crippen molar-refractivity contribution in [2.24, 2.45) is 5.73 Å². The van der Waals surface area contributed by atoms with Crippen LogP contribution in [0.2, 0.25) is 0 Å². The van der Waals surface area contributed by atoms with Gasteiger partial charge in [-0.3, -0.25) is 4.79 Å². The van der Waals surface area contributed by atoms with Crippen LogP contribution in [0.15, 0.2) is 18.2 Å². The van der Waals surface area contributed by atoms with Crippen LogP contribution in [0.3, 0.4) is 0 Å². The molecule has 3 amide bonds. The molecular weight excluding hydrogens is 316 g/mol. The van der Waals surface area contributed by atoms with E-state index in [1.165, 1.54) is 19.3 Å². The van der Waals surface area contributed by atoms with Crippen molar-refractivity contribution in [1.82, 2.24) is 4.90 Å². The predicted octanol–water partition coefficient (Wildman–Crippen LogP) is 3.18. The summed E-state index contributed by atoms with van der Waals surface area (Å²) < 4.78 is 0. The SMILES string of the molecule is NC(=O)c1ccc(N2CCCCC2)c(NC(=O)N2CCCCCC2)c1. The molecule has 136 valence electrons. The minimum absolute atomic E-state index is 0.0817. The maximum atomic E-state index is 12.7. The van der Waals surface area contributed by atoms with Crippen LogP contribution >= 0.6 is 0 Å². The maximum absolute atomic E-state index is 12.7. The molecular formula is C19H28N4O2. The topological polar surface area (TPSA) is 78.7 Å². The molecule has 2 aliphatic heterocycles. The number of likely N-dealkylation sites (tertiary alicyclic amines) is 1. The number of primary amides is 1. The van der Waals surface area contributed by atoms with E-state index in [4.69, 9.17) is 5.73 Å². The van der Waals surface area contributed by atoms with Gasteiger partial charge >= 0.3 is 6.03 Å². The molecule has 6 nitrogen and oxygen atoms in total. The maximum Gasteiger partial charge on any atom is 0.321 e. The number of carbonyl (C=O) groups is 2. The molecule has 2 aliphatic rings. The highest BCUT2D eigenvalue weighted by Gasteiger charge is 2.20. The minimum Gasteiger partial charge on any atom is -0.370 e. The second-order valence-corrected chi connectivity index (χ2v) is 6.98. The molecule has 0 spiro atoms. The smallest absolute Gasteiger partial charge is 0.321 e. The molecule has 2 saturated heterocycles. The number of nitrogens with one attached hydrogen (secondary N) is 1. The molecule has 0 atom stereocenters. The second-order valence-electron chi connectivity index (χ2n) is 6.98. The quantitative estimate of drug-likeness (QED) is 0.884. The van der Waals surface area contributed by atoms with Crippen molar-refractivity contribution in [3.05, 3.63) is 23.8 Å². The van der Waals surface area contributed by atoms with Gasteiger partial charge in [-0.05, 0) is 50.3 Å². The lowest BCUT2D eigenvalue weighted by Gasteiger charge is -2.31. The fourth-order valence-electron chi connectivity index (χ4n) is 3.67. The number of urea groups is 1. The highest BCUT2D eigenvalue weighted by Crippen LogP contribution is 2.30. The summed E-state index contributed by atoms with van der Waals surface area (Å²) in [6, 6.07) is 5.28. The number of carbonyl (C=O) groups excluding carboxylic acids is 2. The van der Waals surface area contributed by atoms with E-state index in [1.54, 1.807) is 12.1 Å². The molecule has 0 bridgehead atoms. The number of nitrogens with zero attached hydrogens (tertiary/aromatic N) is 2. The lowest BCUT2D eigenvalue weighted by Crippen LogP contribution is -2.36. The average molecular weight is 344 g/mol. The zero-order valence-corrected chi connectivity index (χ0v) is 14.8. The third-order valence-electron chi connectivity index (χ3n) is 5.11. The first-order chi connectivity index (χ1) is 12.1. The fraction of sp³-hybridized carbons (Fsp3) is 0.579. The Bertz CT molecular complexity index is 618. The van der Waals surface area contributed by atoms with Crippen LogP contribution in [0.5, 0.6) is 0 Å². The third kappa shape index (κ3) is 4.44. The monoisotopic (exact) mass is 344 g/mol. The summed E-state index contributed by atoms with van der Waals surface area (Å²) in [7, 11) is 0. The highest BCUT2D eigenvalue weighted by atomic mass is 16.2. The summed E-state index contributed by atoms with van der Waals surface area (Å²) >= 11 is 0. The standard InChI is InChI=1S/C19H28N4O2/c20-18(24)15-8-9-17(22-10-6-3-7-11-22)16(14-15)21-19(25)23-12-4-1-2-5-13-23/h8-9,14H,1-7,10-13H2,(H2,20,24)(H,21,25). The number of anilines is 2. The van der Waals surface area contributed by atoms with Crippen molar-refractivity contribution in [2.75, 3.05) is 36.4 Å². The predicted molar refractivity (Wildman–Crippen MR) is 100 cm³/mol. The number of rotatable bonds is 3. The molecule has 0 aromatic heterocycles. The molecule has 0 unspecified atom stereocenters. The van der Waals surface area contributed by atoms with Gasteiger partial charge in [-0.1, -0.05) is 12.8 Å². The third-order valence-corrected chi connectivity index (χ3v) is 5.11. The molecule has 1 aromatic carbocycles. The van der Waals surface area contributed by atoms with Crippen LogP contribution in [0, 0.1) is 0 Å². The second kappa shape index (κ2) is 8.23. The molecule has 0 radical (unpaired) electrons. The number of piperidine rings is 1. The Morgan fingerprint density at radius 2 is 1.48 bits per heavy atom. The summed E-state index contributed by atoms with van der Waals surface area (Å²) in [5, 5.41) is 3.04. The van der Waals surface area contributed by atoms with Crippen molar-refractivity contribution < 1.29 is 9.59 Å². The molecule has 2 fully saturated rings. The largest absolute Gasteiger partial charge is 0.370 e. The van der Waals surface area contributed by atoms with E-state index in [0.717, 1.165) is 57.5 Å². The van der Waals surface area contributed by atoms with Crippen molar-refractivity contribution in [2.45, 2.75) is 44.9 Å². The van der Waals surface area contributed by atoms with Crippen LogP contribution in [0.1, 0.15) is 55.3 Å².